The van der Waals surface area contributed by atoms with Crippen molar-refractivity contribution in [1.29, 1.82) is 0 Å². The lowest BCUT2D eigenvalue weighted by Gasteiger charge is -2.27. The van der Waals surface area contributed by atoms with Crippen LogP contribution in [0.5, 0.6) is 0 Å². The van der Waals surface area contributed by atoms with Crippen LogP contribution in [-0.4, -0.2) is 50.1 Å². The third kappa shape index (κ3) is 3.61. The topological polar surface area (TPSA) is 45.6 Å². The van der Waals surface area contributed by atoms with Gasteiger partial charge in [-0.3, -0.25) is 14.5 Å². The van der Waals surface area contributed by atoms with E-state index in [2.05, 4.69) is 0 Å². The Morgan fingerprint density at radius 3 is 2.68 bits per heavy atom. The van der Waals surface area contributed by atoms with E-state index in [0.29, 0.717) is 22.3 Å². The lowest BCUT2D eigenvalue weighted by molar-refractivity contribution is -0.132. The summed E-state index contributed by atoms with van der Waals surface area (Å²) in [6, 6.07) is 8.01. The number of thiocarbonyl (C=S) groups is 1. The summed E-state index contributed by atoms with van der Waals surface area (Å²) in [5, 5.41) is 1.04. The molecule has 0 radical (unpaired) electrons. The smallest absolute Gasteiger partial charge is 0.266 e. The molecule has 2 amide bonds. The third-order valence-electron chi connectivity index (χ3n) is 5.31. The van der Waals surface area contributed by atoms with E-state index >= 15 is 0 Å². The molecule has 2 aliphatic heterocycles. The van der Waals surface area contributed by atoms with Crippen LogP contribution in [0.2, 0.25) is 0 Å². The van der Waals surface area contributed by atoms with Crippen molar-refractivity contribution >= 4 is 57.1 Å². The SMILES string of the molecule is CCN1C(=O)/C(=C/c2cn(CC(=O)N3CCCCC3)c3ccccc23)SC1=S. The van der Waals surface area contributed by atoms with Crippen LogP contribution < -0.4 is 0 Å². The van der Waals surface area contributed by atoms with Crippen molar-refractivity contribution in [3.8, 4) is 0 Å². The molecule has 7 heteroatoms. The van der Waals surface area contributed by atoms with Gasteiger partial charge in [0.15, 0.2) is 0 Å². The first-order valence-corrected chi connectivity index (χ1v) is 10.9. The second-order valence-corrected chi connectivity index (χ2v) is 8.77. The van der Waals surface area contributed by atoms with E-state index in [4.69, 9.17) is 12.2 Å². The number of thioether (sulfide) groups is 1. The van der Waals surface area contributed by atoms with Gasteiger partial charge < -0.3 is 9.47 Å². The Balaban J connectivity index is 1.65. The second kappa shape index (κ2) is 8.09. The first-order chi connectivity index (χ1) is 13.6. The van der Waals surface area contributed by atoms with Gasteiger partial charge in [-0.15, -0.1) is 0 Å². The van der Waals surface area contributed by atoms with Gasteiger partial charge in [-0.2, -0.15) is 0 Å². The van der Waals surface area contributed by atoms with Crippen LogP contribution >= 0.6 is 24.0 Å². The molecule has 0 spiro atoms. The molecule has 2 aromatic rings. The lowest BCUT2D eigenvalue weighted by atomic mass is 10.1. The summed E-state index contributed by atoms with van der Waals surface area (Å²) in [4.78, 5) is 29.5. The van der Waals surface area contributed by atoms with Crippen molar-refractivity contribution in [2.75, 3.05) is 19.6 Å². The van der Waals surface area contributed by atoms with E-state index in [9.17, 15) is 9.59 Å². The number of hydrogen-bond acceptors (Lipinski definition) is 4. The number of fused-ring (bicyclic) bond motifs is 1. The number of para-hydroxylation sites is 1. The number of aromatic nitrogens is 1. The van der Waals surface area contributed by atoms with Crippen LogP contribution in [0, 0.1) is 0 Å². The minimum atomic E-state index is -0.0428. The molecule has 5 nitrogen and oxygen atoms in total. The highest BCUT2D eigenvalue weighted by Crippen LogP contribution is 2.34. The summed E-state index contributed by atoms with van der Waals surface area (Å²) < 4.78 is 2.60. The number of carbonyl (C=O) groups is 2. The van der Waals surface area contributed by atoms with Crippen LogP contribution in [-0.2, 0) is 16.1 Å². The number of piperidine rings is 1. The number of carbonyl (C=O) groups excluding carboxylic acids is 2. The third-order valence-corrected chi connectivity index (χ3v) is 6.69. The van der Waals surface area contributed by atoms with Crippen molar-refractivity contribution in [2.45, 2.75) is 32.7 Å². The average molecular weight is 414 g/mol. The van der Waals surface area contributed by atoms with Crippen LogP contribution in [0.3, 0.4) is 0 Å². The molecule has 0 atom stereocenters. The average Bonchev–Trinajstić information content (AvgIpc) is 3.19. The van der Waals surface area contributed by atoms with Gasteiger partial charge in [-0.25, -0.2) is 0 Å². The summed E-state index contributed by atoms with van der Waals surface area (Å²) in [7, 11) is 0. The number of rotatable bonds is 4. The number of amides is 2. The van der Waals surface area contributed by atoms with E-state index in [1.54, 1.807) is 4.90 Å². The fourth-order valence-corrected chi connectivity index (χ4v) is 5.20. The molecule has 2 fully saturated rings. The largest absolute Gasteiger partial charge is 0.341 e. The van der Waals surface area contributed by atoms with Gasteiger partial charge in [-0.1, -0.05) is 42.2 Å². The van der Waals surface area contributed by atoms with Crippen LogP contribution in [0.1, 0.15) is 31.7 Å². The van der Waals surface area contributed by atoms with Gasteiger partial charge in [0.05, 0.1) is 4.91 Å². The maximum absolute atomic E-state index is 12.7. The molecule has 0 aliphatic carbocycles. The Kier molecular flexibility index (Phi) is 5.55. The summed E-state index contributed by atoms with van der Waals surface area (Å²) >= 11 is 6.65. The molecule has 28 heavy (non-hydrogen) atoms. The quantitative estimate of drug-likeness (QED) is 0.564. The fraction of sp³-hybridized carbons (Fsp3) is 0.381. The Hall–Kier alpha value is -2.12. The molecular weight excluding hydrogens is 390 g/mol. The minimum Gasteiger partial charge on any atom is -0.341 e. The number of nitrogens with zero attached hydrogens (tertiary/aromatic N) is 3. The molecule has 2 saturated heterocycles. The highest BCUT2D eigenvalue weighted by molar-refractivity contribution is 8.26. The molecule has 146 valence electrons. The lowest BCUT2D eigenvalue weighted by Crippen LogP contribution is -2.37. The van der Waals surface area contributed by atoms with E-state index < -0.39 is 0 Å². The van der Waals surface area contributed by atoms with E-state index in [1.165, 1.54) is 18.2 Å². The molecule has 2 aliphatic rings. The summed E-state index contributed by atoms with van der Waals surface area (Å²) in [5.74, 6) is 0.114. The van der Waals surface area contributed by atoms with E-state index in [0.717, 1.165) is 42.4 Å². The predicted octanol–water partition coefficient (Wildman–Crippen LogP) is 3.87. The predicted molar refractivity (Wildman–Crippen MR) is 118 cm³/mol. The second-order valence-electron chi connectivity index (χ2n) is 7.10. The number of likely N-dealkylation sites (N-methyl/N-ethyl adjacent to an activating group) is 1. The molecule has 0 saturated carbocycles. The summed E-state index contributed by atoms with van der Waals surface area (Å²) in [6.07, 6.45) is 7.26. The van der Waals surface area contributed by atoms with Crippen molar-refractivity contribution in [1.82, 2.24) is 14.4 Å². The van der Waals surface area contributed by atoms with Crippen LogP contribution in [0.4, 0.5) is 0 Å². The van der Waals surface area contributed by atoms with Gasteiger partial charge in [-0.05, 0) is 38.3 Å². The first-order valence-electron chi connectivity index (χ1n) is 9.69. The maximum Gasteiger partial charge on any atom is 0.266 e. The molecule has 0 unspecified atom stereocenters. The zero-order chi connectivity index (χ0) is 19.7. The monoisotopic (exact) mass is 413 g/mol. The zero-order valence-electron chi connectivity index (χ0n) is 15.9. The Labute approximate surface area is 174 Å². The highest BCUT2D eigenvalue weighted by Gasteiger charge is 2.31. The van der Waals surface area contributed by atoms with Crippen molar-refractivity contribution in [3.63, 3.8) is 0 Å². The summed E-state index contributed by atoms with van der Waals surface area (Å²) in [5.41, 5.74) is 1.95. The maximum atomic E-state index is 12.7. The molecule has 4 rings (SSSR count). The summed E-state index contributed by atoms with van der Waals surface area (Å²) in [6.45, 7) is 4.53. The van der Waals surface area contributed by atoms with Crippen molar-refractivity contribution in [3.05, 3.63) is 40.9 Å². The highest BCUT2D eigenvalue weighted by atomic mass is 32.2. The van der Waals surface area contributed by atoms with Gasteiger partial charge in [0.1, 0.15) is 10.9 Å². The molecule has 0 N–H and O–H groups in total. The Bertz CT molecular complexity index is 973. The van der Waals surface area contributed by atoms with Crippen LogP contribution in [0.25, 0.3) is 17.0 Å². The fourth-order valence-electron chi connectivity index (χ4n) is 3.82. The first kappa shape index (κ1) is 19.2. The van der Waals surface area contributed by atoms with Crippen LogP contribution in [0.15, 0.2) is 35.4 Å². The molecule has 0 bridgehead atoms. The normalized spacial score (nSPS) is 19.2. The molecule has 1 aromatic heterocycles. The minimum absolute atomic E-state index is 0.0428. The van der Waals surface area contributed by atoms with E-state index in [1.807, 2.05) is 52.9 Å². The van der Waals surface area contributed by atoms with E-state index in [-0.39, 0.29) is 11.8 Å². The van der Waals surface area contributed by atoms with Gasteiger partial charge in [0, 0.05) is 42.3 Å². The van der Waals surface area contributed by atoms with Crippen molar-refractivity contribution in [2.24, 2.45) is 0 Å². The standard InChI is InChI=1S/C21H23N3O2S2/c1-2-24-20(26)18(28-21(24)27)12-15-13-23(17-9-5-4-8-16(15)17)14-19(25)22-10-6-3-7-11-22/h4-5,8-9,12-13H,2-3,6-7,10-11,14H2,1H3/b18-12-. The molecular formula is C21H23N3O2S2. The Morgan fingerprint density at radius 1 is 1.21 bits per heavy atom. The van der Waals surface area contributed by atoms with Gasteiger partial charge in [0.25, 0.3) is 5.91 Å². The molecule has 1 aromatic carbocycles. The number of benzene rings is 1. The number of hydrogen-bond donors (Lipinski definition) is 0. The van der Waals surface area contributed by atoms with Gasteiger partial charge in [0.2, 0.25) is 5.91 Å². The Morgan fingerprint density at radius 2 is 1.96 bits per heavy atom. The zero-order valence-corrected chi connectivity index (χ0v) is 17.5. The molecule has 3 heterocycles. The van der Waals surface area contributed by atoms with Gasteiger partial charge >= 0.3 is 0 Å². The van der Waals surface area contributed by atoms with Crippen molar-refractivity contribution < 1.29 is 9.59 Å². The number of likely N-dealkylation sites (tertiary alicyclic amines) is 1.